The van der Waals surface area contributed by atoms with E-state index in [0.29, 0.717) is 12.1 Å². The molecular formula is C14H16FNO. The zero-order chi connectivity index (χ0) is 12.1. The fourth-order valence-electron chi connectivity index (χ4n) is 1.87. The van der Waals surface area contributed by atoms with Crippen LogP contribution in [0.5, 0.6) is 0 Å². The first-order chi connectivity index (χ1) is 8.31. The van der Waals surface area contributed by atoms with Crippen molar-refractivity contribution in [2.45, 2.75) is 25.9 Å². The molecule has 1 N–H and O–H groups in total. The number of hydrogen-bond acceptors (Lipinski definition) is 2. The zero-order valence-corrected chi connectivity index (χ0v) is 9.82. The van der Waals surface area contributed by atoms with Crippen LogP contribution in [-0.4, -0.2) is 0 Å². The summed E-state index contributed by atoms with van der Waals surface area (Å²) in [6, 6.07) is 10.6. The van der Waals surface area contributed by atoms with Crippen LogP contribution in [-0.2, 0) is 6.54 Å². The van der Waals surface area contributed by atoms with E-state index in [1.54, 1.807) is 12.3 Å². The standard InChI is InChI=1S/C14H16FNO/c1-2-14(12-7-3-4-8-13(12)15)16-10-11-6-5-9-17-11/h3-9,14,16H,2,10H2,1H3. The molecule has 2 rings (SSSR count). The number of halogens is 1. The van der Waals surface area contributed by atoms with E-state index < -0.39 is 0 Å². The molecule has 0 amide bonds. The Balaban J connectivity index is 2.04. The largest absolute Gasteiger partial charge is 0.468 e. The van der Waals surface area contributed by atoms with Crippen LogP contribution in [0.2, 0.25) is 0 Å². The van der Waals surface area contributed by atoms with Gasteiger partial charge in [-0.05, 0) is 24.6 Å². The lowest BCUT2D eigenvalue weighted by molar-refractivity contribution is 0.434. The first kappa shape index (κ1) is 11.9. The summed E-state index contributed by atoms with van der Waals surface area (Å²) >= 11 is 0. The van der Waals surface area contributed by atoms with Crippen molar-refractivity contribution in [3.8, 4) is 0 Å². The molecule has 0 fully saturated rings. The lowest BCUT2D eigenvalue weighted by Gasteiger charge is -2.17. The molecule has 17 heavy (non-hydrogen) atoms. The molecule has 2 aromatic rings. The van der Waals surface area contributed by atoms with E-state index in [1.165, 1.54) is 6.07 Å². The van der Waals surface area contributed by atoms with Gasteiger partial charge in [0.15, 0.2) is 0 Å². The summed E-state index contributed by atoms with van der Waals surface area (Å²) in [4.78, 5) is 0. The summed E-state index contributed by atoms with van der Waals surface area (Å²) in [6.45, 7) is 2.64. The highest BCUT2D eigenvalue weighted by molar-refractivity contribution is 5.21. The summed E-state index contributed by atoms with van der Waals surface area (Å²) < 4.78 is 18.9. The van der Waals surface area contributed by atoms with Gasteiger partial charge in [-0.1, -0.05) is 25.1 Å². The van der Waals surface area contributed by atoms with E-state index in [0.717, 1.165) is 12.2 Å². The minimum absolute atomic E-state index is 0.0151. The van der Waals surface area contributed by atoms with Gasteiger partial charge in [-0.25, -0.2) is 4.39 Å². The molecule has 0 saturated heterocycles. The molecule has 0 spiro atoms. The third-order valence-electron chi connectivity index (χ3n) is 2.79. The molecule has 90 valence electrons. The van der Waals surface area contributed by atoms with Crippen LogP contribution in [0, 0.1) is 5.82 Å². The fourth-order valence-corrected chi connectivity index (χ4v) is 1.87. The van der Waals surface area contributed by atoms with Crippen molar-refractivity contribution in [1.29, 1.82) is 0 Å². The minimum atomic E-state index is -0.161. The van der Waals surface area contributed by atoms with Crippen LogP contribution in [0.1, 0.15) is 30.7 Å². The van der Waals surface area contributed by atoms with Gasteiger partial charge in [0.2, 0.25) is 0 Å². The van der Waals surface area contributed by atoms with Crippen molar-refractivity contribution in [3.05, 3.63) is 59.8 Å². The summed E-state index contributed by atoms with van der Waals surface area (Å²) in [5.41, 5.74) is 0.710. The molecule has 1 unspecified atom stereocenters. The van der Waals surface area contributed by atoms with Crippen LogP contribution >= 0.6 is 0 Å². The molecule has 1 aromatic carbocycles. The average molecular weight is 233 g/mol. The third kappa shape index (κ3) is 2.94. The second-order valence-electron chi connectivity index (χ2n) is 3.94. The SMILES string of the molecule is CCC(NCc1ccco1)c1ccccc1F. The average Bonchev–Trinajstić information content (AvgIpc) is 2.85. The molecule has 0 aliphatic heterocycles. The van der Waals surface area contributed by atoms with Gasteiger partial charge in [0.25, 0.3) is 0 Å². The van der Waals surface area contributed by atoms with Crippen LogP contribution in [0.3, 0.4) is 0 Å². The lowest BCUT2D eigenvalue weighted by atomic mass is 10.0. The zero-order valence-electron chi connectivity index (χ0n) is 9.82. The Hall–Kier alpha value is -1.61. The Bertz CT molecular complexity index is 453. The minimum Gasteiger partial charge on any atom is -0.468 e. The number of benzene rings is 1. The topological polar surface area (TPSA) is 25.2 Å². The molecule has 0 saturated carbocycles. The first-order valence-corrected chi connectivity index (χ1v) is 5.81. The van der Waals surface area contributed by atoms with Crippen LogP contribution in [0.4, 0.5) is 4.39 Å². The van der Waals surface area contributed by atoms with Gasteiger partial charge < -0.3 is 9.73 Å². The highest BCUT2D eigenvalue weighted by Gasteiger charge is 2.13. The second kappa shape index (κ2) is 5.64. The van der Waals surface area contributed by atoms with Gasteiger partial charge in [-0.3, -0.25) is 0 Å². The van der Waals surface area contributed by atoms with Gasteiger partial charge in [0, 0.05) is 11.6 Å². The number of hydrogen-bond donors (Lipinski definition) is 1. The maximum absolute atomic E-state index is 13.6. The third-order valence-corrected chi connectivity index (χ3v) is 2.79. The van der Waals surface area contributed by atoms with E-state index >= 15 is 0 Å². The van der Waals surface area contributed by atoms with E-state index in [4.69, 9.17) is 4.42 Å². The molecule has 2 nitrogen and oxygen atoms in total. The normalized spacial score (nSPS) is 12.6. The van der Waals surface area contributed by atoms with Crippen molar-refractivity contribution in [2.75, 3.05) is 0 Å². The maximum Gasteiger partial charge on any atom is 0.127 e. The molecule has 1 heterocycles. The summed E-state index contributed by atoms with van der Waals surface area (Å²) in [6.07, 6.45) is 2.47. The monoisotopic (exact) mass is 233 g/mol. The highest BCUT2D eigenvalue weighted by atomic mass is 19.1. The quantitative estimate of drug-likeness (QED) is 0.852. The Morgan fingerprint density at radius 3 is 2.71 bits per heavy atom. The lowest BCUT2D eigenvalue weighted by Crippen LogP contribution is -2.21. The molecule has 3 heteroatoms. The Labute approximate surface area is 100 Å². The van der Waals surface area contributed by atoms with E-state index in [-0.39, 0.29) is 11.9 Å². The van der Waals surface area contributed by atoms with Gasteiger partial charge in [0.1, 0.15) is 11.6 Å². The molecule has 0 aliphatic rings. The van der Waals surface area contributed by atoms with Crippen molar-refractivity contribution in [3.63, 3.8) is 0 Å². The van der Waals surface area contributed by atoms with E-state index in [9.17, 15) is 4.39 Å². The highest BCUT2D eigenvalue weighted by Crippen LogP contribution is 2.20. The van der Waals surface area contributed by atoms with Crippen LogP contribution in [0.15, 0.2) is 47.1 Å². The number of furan rings is 1. The fraction of sp³-hybridized carbons (Fsp3) is 0.286. The van der Waals surface area contributed by atoms with Crippen LogP contribution < -0.4 is 5.32 Å². The van der Waals surface area contributed by atoms with Gasteiger partial charge >= 0.3 is 0 Å². The number of rotatable bonds is 5. The predicted molar refractivity (Wildman–Crippen MR) is 65.0 cm³/mol. The van der Waals surface area contributed by atoms with Gasteiger partial charge in [0.05, 0.1) is 12.8 Å². The summed E-state index contributed by atoms with van der Waals surface area (Å²) in [5, 5.41) is 3.30. The van der Waals surface area contributed by atoms with Crippen molar-refractivity contribution >= 4 is 0 Å². The second-order valence-corrected chi connectivity index (χ2v) is 3.94. The van der Waals surface area contributed by atoms with E-state index in [1.807, 2.05) is 31.2 Å². The van der Waals surface area contributed by atoms with Crippen molar-refractivity contribution < 1.29 is 8.81 Å². The molecule has 1 aromatic heterocycles. The van der Waals surface area contributed by atoms with Crippen LogP contribution in [0.25, 0.3) is 0 Å². The Morgan fingerprint density at radius 1 is 1.24 bits per heavy atom. The first-order valence-electron chi connectivity index (χ1n) is 5.81. The Kier molecular flexibility index (Phi) is 3.94. The predicted octanol–water partition coefficient (Wildman–Crippen LogP) is 3.66. The molecular weight excluding hydrogens is 217 g/mol. The van der Waals surface area contributed by atoms with Gasteiger partial charge in [-0.2, -0.15) is 0 Å². The molecule has 1 atom stereocenters. The molecule has 0 bridgehead atoms. The van der Waals surface area contributed by atoms with Gasteiger partial charge in [-0.15, -0.1) is 0 Å². The van der Waals surface area contributed by atoms with E-state index in [2.05, 4.69) is 5.32 Å². The number of nitrogens with one attached hydrogen (secondary N) is 1. The smallest absolute Gasteiger partial charge is 0.127 e. The maximum atomic E-state index is 13.6. The van der Waals surface area contributed by atoms with Crippen molar-refractivity contribution in [1.82, 2.24) is 5.32 Å². The Morgan fingerprint density at radius 2 is 2.06 bits per heavy atom. The molecule has 0 radical (unpaired) electrons. The molecule has 0 aliphatic carbocycles. The van der Waals surface area contributed by atoms with Crippen molar-refractivity contribution in [2.24, 2.45) is 0 Å². The summed E-state index contributed by atoms with van der Waals surface area (Å²) in [7, 11) is 0. The summed E-state index contributed by atoms with van der Waals surface area (Å²) in [5.74, 6) is 0.700.